The van der Waals surface area contributed by atoms with E-state index in [4.69, 9.17) is 16.3 Å². The molecule has 0 spiro atoms. The first-order valence-electron chi connectivity index (χ1n) is 6.54. The number of benzene rings is 2. The third-order valence-corrected chi connectivity index (χ3v) is 3.50. The van der Waals surface area contributed by atoms with Crippen molar-refractivity contribution in [3.63, 3.8) is 0 Å². The van der Waals surface area contributed by atoms with Gasteiger partial charge in [0.1, 0.15) is 11.5 Å². The minimum atomic E-state index is -0.0970. The fourth-order valence-electron chi connectivity index (χ4n) is 2.15. The second kappa shape index (κ2) is 6.70. The minimum Gasteiger partial charge on any atom is -0.507 e. The number of halogens is 1. The molecule has 0 aliphatic heterocycles. The van der Waals surface area contributed by atoms with Crippen molar-refractivity contribution in [2.24, 2.45) is 0 Å². The van der Waals surface area contributed by atoms with Crippen LogP contribution in [0.3, 0.4) is 0 Å². The van der Waals surface area contributed by atoms with E-state index in [9.17, 15) is 10.2 Å². The molecule has 0 saturated heterocycles. The van der Waals surface area contributed by atoms with Crippen molar-refractivity contribution in [3.8, 4) is 11.5 Å². The van der Waals surface area contributed by atoms with Crippen LogP contribution < -0.4 is 10.1 Å². The van der Waals surface area contributed by atoms with Gasteiger partial charge in [-0.15, -0.1) is 0 Å². The molecular weight excluding hydrogens is 290 g/mol. The lowest BCUT2D eigenvalue weighted by Gasteiger charge is -2.13. The van der Waals surface area contributed by atoms with Gasteiger partial charge in [-0.2, -0.15) is 0 Å². The molecule has 3 N–H and O–H groups in total. The third kappa shape index (κ3) is 3.60. The van der Waals surface area contributed by atoms with Gasteiger partial charge in [-0.25, -0.2) is 0 Å². The highest BCUT2D eigenvalue weighted by atomic mass is 35.5. The van der Waals surface area contributed by atoms with Crippen molar-refractivity contribution in [2.45, 2.75) is 20.1 Å². The Morgan fingerprint density at radius 2 is 1.95 bits per heavy atom. The molecule has 0 atom stereocenters. The number of aryl methyl sites for hydroxylation is 1. The summed E-state index contributed by atoms with van der Waals surface area (Å²) in [4.78, 5) is 0. The van der Waals surface area contributed by atoms with Gasteiger partial charge in [-0.1, -0.05) is 11.6 Å². The maximum atomic E-state index is 10.0. The summed E-state index contributed by atoms with van der Waals surface area (Å²) in [6.45, 7) is 2.15. The van der Waals surface area contributed by atoms with Gasteiger partial charge in [0.25, 0.3) is 0 Å². The highest BCUT2D eigenvalue weighted by Crippen LogP contribution is 2.28. The second-order valence-electron chi connectivity index (χ2n) is 4.77. The molecular formula is C16H18ClNO3. The summed E-state index contributed by atoms with van der Waals surface area (Å²) in [7, 11) is 1.56. The average Bonchev–Trinajstić information content (AvgIpc) is 2.49. The smallest absolute Gasteiger partial charge is 0.124 e. The number of ether oxygens (including phenoxy) is 1. The second-order valence-corrected chi connectivity index (χ2v) is 5.21. The number of phenolic OH excluding ortho intramolecular Hbond substituents is 1. The van der Waals surface area contributed by atoms with Crippen LogP contribution in [-0.2, 0) is 13.2 Å². The van der Waals surface area contributed by atoms with Gasteiger partial charge >= 0.3 is 0 Å². The Kier molecular flexibility index (Phi) is 4.94. The van der Waals surface area contributed by atoms with Gasteiger partial charge in [0.05, 0.1) is 13.7 Å². The molecule has 5 heteroatoms. The molecule has 0 amide bonds. The summed E-state index contributed by atoms with van der Waals surface area (Å²) in [5.74, 6) is 0.882. The number of aromatic hydroxyl groups is 1. The zero-order chi connectivity index (χ0) is 15.4. The molecule has 0 bridgehead atoms. The quantitative estimate of drug-likeness (QED) is 0.791. The van der Waals surface area contributed by atoms with Crippen LogP contribution in [0, 0.1) is 6.92 Å². The third-order valence-electron chi connectivity index (χ3n) is 3.28. The van der Waals surface area contributed by atoms with Crippen molar-refractivity contribution in [2.75, 3.05) is 12.4 Å². The Morgan fingerprint density at radius 3 is 2.62 bits per heavy atom. The van der Waals surface area contributed by atoms with E-state index >= 15 is 0 Å². The zero-order valence-electron chi connectivity index (χ0n) is 12.0. The molecule has 0 saturated carbocycles. The van der Waals surface area contributed by atoms with Gasteiger partial charge in [0.15, 0.2) is 0 Å². The topological polar surface area (TPSA) is 61.7 Å². The maximum absolute atomic E-state index is 10.0. The summed E-state index contributed by atoms with van der Waals surface area (Å²) < 4.78 is 5.16. The lowest BCUT2D eigenvalue weighted by Crippen LogP contribution is -2.02. The van der Waals surface area contributed by atoms with E-state index in [1.807, 2.05) is 19.1 Å². The van der Waals surface area contributed by atoms with E-state index in [0.717, 1.165) is 16.8 Å². The van der Waals surface area contributed by atoms with Gasteiger partial charge in [-0.3, -0.25) is 0 Å². The van der Waals surface area contributed by atoms with E-state index < -0.39 is 0 Å². The molecule has 2 aromatic rings. The van der Waals surface area contributed by atoms with Gasteiger partial charge < -0.3 is 20.3 Å². The molecule has 0 aliphatic rings. The van der Waals surface area contributed by atoms with Gasteiger partial charge in [-0.05, 0) is 42.8 Å². The number of phenols is 1. The lowest BCUT2D eigenvalue weighted by atomic mass is 10.1. The predicted octanol–water partition coefficient (Wildman–Crippen LogP) is 3.47. The van der Waals surface area contributed by atoms with Crippen LogP contribution in [0.25, 0.3) is 0 Å². The van der Waals surface area contributed by atoms with Crippen LogP contribution >= 0.6 is 11.6 Å². The Morgan fingerprint density at radius 1 is 1.19 bits per heavy atom. The molecule has 2 rings (SSSR count). The van der Waals surface area contributed by atoms with Crippen molar-refractivity contribution >= 4 is 17.3 Å². The van der Waals surface area contributed by atoms with Crippen LogP contribution in [0.1, 0.15) is 16.7 Å². The van der Waals surface area contributed by atoms with Crippen molar-refractivity contribution in [1.82, 2.24) is 0 Å². The zero-order valence-corrected chi connectivity index (χ0v) is 12.7. The fourth-order valence-corrected chi connectivity index (χ4v) is 2.44. The van der Waals surface area contributed by atoms with Gasteiger partial charge in [0, 0.05) is 28.4 Å². The maximum Gasteiger partial charge on any atom is 0.124 e. The molecule has 0 aliphatic carbocycles. The minimum absolute atomic E-state index is 0.0970. The first-order valence-corrected chi connectivity index (χ1v) is 6.92. The summed E-state index contributed by atoms with van der Waals surface area (Å²) in [6, 6.07) is 8.90. The standard InChI is InChI=1S/C16H18ClNO3/c1-10-5-13(17)6-11(16(10)20)8-18-14-3-4-15(21-2)12(7-14)9-19/h3-7,18-20H,8-9H2,1-2H3. The Labute approximate surface area is 129 Å². The molecule has 2 aromatic carbocycles. The SMILES string of the molecule is COc1ccc(NCc2cc(Cl)cc(C)c2O)cc1CO. The number of aliphatic hydroxyl groups excluding tert-OH is 1. The monoisotopic (exact) mass is 307 g/mol. The summed E-state index contributed by atoms with van der Waals surface area (Å²) in [5, 5.41) is 23.1. The Balaban J connectivity index is 2.17. The normalized spacial score (nSPS) is 10.5. The Hall–Kier alpha value is -1.91. The molecule has 0 fully saturated rings. The van der Waals surface area contributed by atoms with E-state index in [1.54, 1.807) is 25.3 Å². The number of hydrogen-bond donors (Lipinski definition) is 3. The number of methoxy groups -OCH3 is 1. The largest absolute Gasteiger partial charge is 0.507 e. The number of nitrogens with one attached hydrogen (secondary N) is 1. The number of anilines is 1. The highest BCUT2D eigenvalue weighted by Gasteiger charge is 2.07. The molecule has 112 valence electrons. The predicted molar refractivity (Wildman–Crippen MR) is 84.1 cm³/mol. The highest BCUT2D eigenvalue weighted by molar-refractivity contribution is 6.30. The summed E-state index contributed by atoms with van der Waals surface area (Å²) in [6.07, 6.45) is 0. The summed E-state index contributed by atoms with van der Waals surface area (Å²) in [5.41, 5.74) is 3.00. The molecule has 21 heavy (non-hydrogen) atoms. The lowest BCUT2D eigenvalue weighted by molar-refractivity contribution is 0.274. The van der Waals surface area contributed by atoms with E-state index in [2.05, 4.69) is 5.32 Å². The van der Waals surface area contributed by atoms with Crippen molar-refractivity contribution in [3.05, 3.63) is 52.0 Å². The van der Waals surface area contributed by atoms with Crippen LogP contribution in [0.4, 0.5) is 5.69 Å². The molecule has 4 nitrogen and oxygen atoms in total. The van der Waals surface area contributed by atoms with E-state index in [0.29, 0.717) is 22.9 Å². The first-order chi connectivity index (χ1) is 10.0. The van der Waals surface area contributed by atoms with E-state index in [-0.39, 0.29) is 12.4 Å². The number of rotatable bonds is 5. The summed E-state index contributed by atoms with van der Waals surface area (Å²) >= 11 is 6.00. The molecule has 0 heterocycles. The fraction of sp³-hybridized carbons (Fsp3) is 0.250. The average molecular weight is 308 g/mol. The van der Waals surface area contributed by atoms with Crippen LogP contribution in [-0.4, -0.2) is 17.3 Å². The van der Waals surface area contributed by atoms with Crippen molar-refractivity contribution in [1.29, 1.82) is 0 Å². The number of hydrogen-bond acceptors (Lipinski definition) is 4. The van der Waals surface area contributed by atoms with Crippen LogP contribution in [0.2, 0.25) is 5.02 Å². The van der Waals surface area contributed by atoms with Crippen LogP contribution in [0.15, 0.2) is 30.3 Å². The first kappa shape index (κ1) is 15.5. The number of aliphatic hydroxyl groups is 1. The molecule has 0 aromatic heterocycles. The molecule has 0 unspecified atom stereocenters. The van der Waals surface area contributed by atoms with E-state index in [1.165, 1.54) is 0 Å². The van der Waals surface area contributed by atoms with Gasteiger partial charge in [0.2, 0.25) is 0 Å². The Bertz CT molecular complexity index is 644. The molecule has 0 radical (unpaired) electrons. The van der Waals surface area contributed by atoms with Crippen LogP contribution in [0.5, 0.6) is 11.5 Å². The van der Waals surface area contributed by atoms with Crippen molar-refractivity contribution < 1.29 is 14.9 Å².